The van der Waals surface area contributed by atoms with Gasteiger partial charge >= 0.3 is 0 Å². The van der Waals surface area contributed by atoms with Gasteiger partial charge in [-0.15, -0.1) is 0 Å². The van der Waals surface area contributed by atoms with Crippen LogP contribution in [0.1, 0.15) is 39.0 Å². The Morgan fingerprint density at radius 2 is 1.61 bits per heavy atom. The largest absolute Gasteiger partial charge is 0.392 e. The first kappa shape index (κ1) is 14.5. The predicted molar refractivity (Wildman–Crippen MR) is 73.5 cm³/mol. The molecule has 0 unspecified atom stereocenters. The molecule has 1 aliphatic heterocycles. The van der Waals surface area contributed by atoms with Gasteiger partial charge in [-0.2, -0.15) is 10.5 Å². The second kappa shape index (κ2) is 6.98. The Hall–Kier alpha value is -1.59. The maximum Gasteiger partial charge on any atom is 0.0981 e. The molecule has 0 atom stereocenters. The summed E-state index contributed by atoms with van der Waals surface area (Å²) in [5.41, 5.74) is 12.6. The Balaban J connectivity index is 2.84. The van der Waals surface area contributed by atoms with Crippen LogP contribution in [-0.2, 0) is 0 Å². The average molecular weight is 262 g/mol. The van der Waals surface area contributed by atoms with Crippen molar-refractivity contribution in [3.63, 3.8) is 0 Å². The lowest BCUT2D eigenvalue weighted by molar-refractivity contribution is 0.569. The molecule has 4 N–H and O–H groups in total. The monoisotopic (exact) mass is 262 g/mol. The summed E-state index contributed by atoms with van der Waals surface area (Å²) in [5, 5.41) is 19.2. The third-order valence-electron chi connectivity index (χ3n) is 3.04. The summed E-state index contributed by atoms with van der Waals surface area (Å²) >= 11 is 1.12. The number of allylic oxidation sites excluding steroid dienone is 2. The van der Waals surface area contributed by atoms with E-state index in [0.29, 0.717) is 21.2 Å². The average Bonchev–Trinajstić information content (AvgIpc) is 2.34. The predicted octanol–water partition coefficient (Wildman–Crippen LogP) is 2.71. The minimum absolute atomic E-state index is 0.210. The van der Waals surface area contributed by atoms with Gasteiger partial charge in [0.2, 0.25) is 0 Å². The highest BCUT2D eigenvalue weighted by Crippen LogP contribution is 2.39. The highest BCUT2D eigenvalue weighted by molar-refractivity contribution is 8.06. The van der Waals surface area contributed by atoms with Crippen LogP contribution < -0.4 is 11.5 Å². The quantitative estimate of drug-likeness (QED) is 0.742. The molecule has 1 rings (SSSR count). The first-order valence-electron chi connectivity index (χ1n) is 6.13. The molecule has 0 aromatic heterocycles. The molecule has 0 fully saturated rings. The minimum Gasteiger partial charge on any atom is -0.392 e. The summed E-state index contributed by atoms with van der Waals surface area (Å²) in [5.74, 6) is -0.210. The molecule has 1 aliphatic rings. The normalized spacial score (nSPS) is 16.6. The lowest BCUT2D eigenvalue weighted by Crippen LogP contribution is -2.19. The first-order valence-corrected chi connectivity index (χ1v) is 6.94. The van der Waals surface area contributed by atoms with Gasteiger partial charge in [0.15, 0.2) is 0 Å². The standard InChI is InChI=1S/C13H18N4S/c1-2-3-4-5-6-9-10(7-14)12(16)18-13(17)11(9)8-15/h9H,2-6,16-17H2,1H3. The maximum absolute atomic E-state index is 9.16. The van der Waals surface area contributed by atoms with Crippen molar-refractivity contribution in [1.82, 2.24) is 0 Å². The van der Waals surface area contributed by atoms with E-state index in [9.17, 15) is 0 Å². The molecule has 0 aliphatic carbocycles. The zero-order valence-corrected chi connectivity index (χ0v) is 11.4. The van der Waals surface area contributed by atoms with Gasteiger partial charge < -0.3 is 11.5 Å². The van der Waals surface area contributed by atoms with Crippen molar-refractivity contribution in [2.75, 3.05) is 0 Å². The summed E-state index contributed by atoms with van der Waals surface area (Å²) in [6.45, 7) is 2.15. The zero-order chi connectivity index (χ0) is 13.5. The van der Waals surface area contributed by atoms with E-state index in [1.807, 2.05) is 0 Å². The van der Waals surface area contributed by atoms with Crippen LogP contribution >= 0.6 is 11.8 Å². The van der Waals surface area contributed by atoms with Crippen LogP contribution in [0.15, 0.2) is 21.2 Å². The molecule has 96 valence electrons. The van der Waals surface area contributed by atoms with Crippen molar-refractivity contribution in [3.05, 3.63) is 21.2 Å². The molecule has 0 bridgehead atoms. The van der Waals surface area contributed by atoms with E-state index in [0.717, 1.165) is 37.4 Å². The van der Waals surface area contributed by atoms with E-state index in [-0.39, 0.29) is 5.92 Å². The molecule has 18 heavy (non-hydrogen) atoms. The molecule has 0 spiro atoms. The topological polar surface area (TPSA) is 99.6 Å². The van der Waals surface area contributed by atoms with Crippen LogP contribution in [0.25, 0.3) is 0 Å². The lowest BCUT2D eigenvalue weighted by Gasteiger charge is -2.23. The van der Waals surface area contributed by atoms with Crippen molar-refractivity contribution in [2.24, 2.45) is 17.4 Å². The Kier molecular flexibility index (Phi) is 5.61. The van der Waals surface area contributed by atoms with Gasteiger partial charge in [0, 0.05) is 5.92 Å². The molecule has 4 nitrogen and oxygen atoms in total. The number of nitriles is 2. The van der Waals surface area contributed by atoms with Gasteiger partial charge in [-0.1, -0.05) is 44.4 Å². The number of hydrogen-bond donors (Lipinski definition) is 2. The molecule has 0 saturated carbocycles. The van der Waals surface area contributed by atoms with Crippen molar-refractivity contribution < 1.29 is 0 Å². The van der Waals surface area contributed by atoms with Crippen molar-refractivity contribution >= 4 is 11.8 Å². The maximum atomic E-state index is 9.16. The number of thioether (sulfide) groups is 1. The lowest BCUT2D eigenvalue weighted by atomic mass is 9.87. The van der Waals surface area contributed by atoms with E-state index in [1.54, 1.807) is 0 Å². The molecule has 1 heterocycles. The van der Waals surface area contributed by atoms with Crippen molar-refractivity contribution in [2.45, 2.75) is 39.0 Å². The van der Waals surface area contributed by atoms with Crippen LogP contribution in [0.4, 0.5) is 0 Å². The van der Waals surface area contributed by atoms with Crippen LogP contribution in [0.3, 0.4) is 0 Å². The zero-order valence-electron chi connectivity index (χ0n) is 10.6. The molecule has 0 radical (unpaired) electrons. The Morgan fingerprint density at radius 3 is 2.06 bits per heavy atom. The van der Waals surface area contributed by atoms with Crippen LogP contribution in [0, 0.1) is 28.6 Å². The van der Waals surface area contributed by atoms with Crippen LogP contribution in [0.5, 0.6) is 0 Å². The van der Waals surface area contributed by atoms with E-state index >= 15 is 0 Å². The van der Waals surface area contributed by atoms with Crippen LogP contribution in [0.2, 0.25) is 0 Å². The van der Waals surface area contributed by atoms with Gasteiger partial charge in [-0.05, 0) is 6.42 Å². The van der Waals surface area contributed by atoms with Gasteiger partial charge in [-0.3, -0.25) is 0 Å². The van der Waals surface area contributed by atoms with Crippen LogP contribution in [-0.4, -0.2) is 0 Å². The van der Waals surface area contributed by atoms with Gasteiger partial charge in [0.25, 0.3) is 0 Å². The fourth-order valence-electron chi connectivity index (χ4n) is 2.05. The summed E-state index contributed by atoms with van der Waals surface area (Å²) in [6, 6.07) is 4.24. The molecular formula is C13H18N4S. The van der Waals surface area contributed by atoms with E-state index < -0.39 is 0 Å². The van der Waals surface area contributed by atoms with Gasteiger partial charge in [-0.25, -0.2) is 0 Å². The van der Waals surface area contributed by atoms with Gasteiger partial charge in [0.05, 0.1) is 33.3 Å². The van der Waals surface area contributed by atoms with Crippen molar-refractivity contribution in [1.29, 1.82) is 10.5 Å². The second-order valence-electron chi connectivity index (χ2n) is 4.28. The van der Waals surface area contributed by atoms with E-state index in [1.165, 1.54) is 6.42 Å². The Morgan fingerprint density at radius 1 is 1.06 bits per heavy atom. The number of nitrogens with zero attached hydrogens (tertiary/aromatic N) is 2. The Labute approximate surface area is 112 Å². The fourth-order valence-corrected chi connectivity index (χ4v) is 2.88. The number of unbranched alkanes of at least 4 members (excludes halogenated alkanes) is 3. The van der Waals surface area contributed by atoms with Gasteiger partial charge in [0.1, 0.15) is 0 Å². The highest BCUT2D eigenvalue weighted by atomic mass is 32.2. The van der Waals surface area contributed by atoms with E-state index in [2.05, 4.69) is 19.1 Å². The summed E-state index contributed by atoms with van der Waals surface area (Å²) in [6.07, 6.45) is 5.20. The first-order chi connectivity index (χ1) is 8.65. The summed E-state index contributed by atoms with van der Waals surface area (Å²) < 4.78 is 0. The molecule has 0 aromatic carbocycles. The molecule has 0 saturated heterocycles. The molecule has 5 heteroatoms. The smallest absolute Gasteiger partial charge is 0.0981 e. The van der Waals surface area contributed by atoms with Crippen molar-refractivity contribution in [3.8, 4) is 12.1 Å². The van der Waals surface area contributed by atoms with E-state index in [4.69, 9.17) is 22.0 Å². The number of hydrogen-bond acceptors (Lipinski definition) is 5. The number of rotatable bonds is 5. The molecule has 0 amide bonds. The number of nitrogens with two attached hydrogens (primary N) is 2. The Bertz CT molecular complexity index is 415. The third-order valence-corrected chi connectivity index (χ3v) is 3.91. The third kappa shape index (κ3) is 3.21. The second-order valence-corrected chi connectivity index (χ2v) is 5.37. The fraction of sp³-hybridized carbons (Fsp3) is 0.538. The summed E-state index contributed by atoms with van der Waals surface area (Å²) in [7, 11) is 0. The summed E-state index contributed by atoms with van der Waals surface area (Å²) in [4.78, 5) is 0. The molecule has 0 aromatic rings. The SMILES string of the molecule is CCCCCCC1C(C#N)=C(N)SC(N)=C1C#N. The minimum atomic E-state index is -0.210. The highest BCUT2D eigenvalue weighted by Gasteiger charge is 2.28. The molecular weight excluding hydrogens is 244 g/mol.